The molecule has 0 unspecified atom stereocenters. The summed E-state index contributed by atoms with van der Waals surface area (Å²) in [6.07, 6.45) is 14.4. The minimum atomic E-state index is -2.70. The number of allylic oxidation sites excluding steroid dienone is 1. The molecule has 0 bridgehead atoms. The van der Waals surface area contributed by atoms with E-state index in [1.807, 2.05) is 0 Å². The molecular weight excluding hydrogens is 671 g/mol. The van der Waals surface area contributed by atoms with E-state index < -0.39 is 26.7 Å². The molecular formula is C41H68O2SiSn. The third-order valence-electron chi connectivity index (χ3n) is 11.3. The zero-order chi connectivity index (χ0) is 32.9. The van der Waals surface area contributed by atoms with Crippen molar-refractivity contribution in [2.24, 2.45) is 23.7 Å². The van der Waals surface area contributed by atoms with Gasteiger partial charge in [0.05, 0.1) is 0 Å². The summed E-state index contributed by atoms with van der Waals surface area (Å²) in [4.78, 5) is 0. The molecule has 0 aliphatic heterocycles. The van der Waals surface area contributed by atoms with Crippen molar-refractivity contribution >= 4 is 37.1 Å². The van der Waals surface area contributed by atoms with E-state index >= 15 is 0 Å². The van der Waals surface area contributed by atoms with Crippen molar-refractivity contribution in [3.05, 3.63) is 70.3 Å². The summed E-state index contributed by atoms with van der Waals surface area (Å²) in [5, 5.41) is 13.8. The Morgan fingerprint density at radius 1 is 0.867 bits per heavy atom. The fourth-order valence-corrected chi connectivity index (χ4v) is 29.8. The van der Waals surface area contributed by atoms with Crippen LogP contribution in [0.2, 0.25) is 18.3 Å². The Balaban J connectivity index is 2.01. The van der Waals surface area contributed by atoms with Crippen LogP contribution in [-0.2, 0) is 4.43 Å². The molecule has 2 aromatic carbocycles. The van der Waals surface area contributed by atoms with Crippen molar-refractivity contribution in [3.8, 4) is 0 Å². The van der Waals surface area contributed by atoms with Gasteiger partial charge in [-0.05, 0) is 0 Å². The monoisotopic (exact) mass is 740 g/mol. The van der Waals surface area contributed by atoms with Crippen LogP contribution in [0.5, 0.6) is 0 Å². The van der Waals surface area contributed by atoms with E-state index in [1.165, 1.54) is 81.5 Å². The van der Waals surface area contributed by atoms with Crippen LogP contribution in [-0.4, -0.2) is 45.0 Å². The quantitative estimate of drug-likeness (QED) is 0.154. The Hall–Kier alpha value is -0.884. The van der Waals surface area contributed by atoms with Crippen molar-refractivity contribution in [1.82, 2.24) is 0 Å². The molecule has 0 aromatic heterocycles. The maximum atomic E-state index is 11.1. The van der Waals surface area contributed by atoms with Crippen LogP contribution in [0.1, 0.15) is 113 Å². The summed E-state index contributed by atoms with van der Waals surface area (Å²) < 4.78 is 13.4. The Bertz CT molecular complexity index is 1060. The Labute approximate surface area is 283 Å². The van der Waals surface area contributed by atoms with Gasteiger partial charge in [0.2, 0.25) is 0 Å². The Morgan fingerprint density at radius 3 is 1.78 bits per heavy atom. The summed E-state index contributed by atoms with van der Waals surface area (Å²) in [5.41, 5.74) is 0. The van der Waals surface area contributed by atoms with Crippen molar-refractivity contribution in [1.29, 1.82) is 0 Å². The van der Waals surface area contributed by atoms with Crippen LogP contribution in [0, 0.1) is 23.7 Å². The minimum absolute atomic E-state index is 0.0110. The summed E-state index contributed by atoms with van der Waals surface area (Å²) in [5.74, 6) is 2.26. The topological polar surface area (TPSA) is 29.5 Å². The molecule has 0 spiro atoms. The Morgan fingerprint density at radius 2 is 1.36 bits per heavy atom. The van der Waals surface area contributed by atoms with Crippen LogP contribution < -0.4 is 10.4 Å². The van der Waals surface area contributed by atoms with Crippen LogP contribution >= 0.6 is 0 Å². The number of aliphatic hydroxyl groups excluding tert-OH is 1. The molecule has 0 amide bonds. The van der Waals surface area contributed by atoms with Crippen molar-refractivity contribution < 1.29 is 9.53 Å². The number of hydrogen-bond acceptors (Lipinski definition) is 2. The second kappa shape index (κ2) is 18.6. The molecule has 45 heavy (non-hydrogen) atoms. The molecule has 1 N–H and O–H groups in total. The molecule has 0 radical (unpaired) electrons. The second-order valence-electron chi connectivity index (χ2n) is 15.5. The van der Waals surface area contributed by atoms with Gasteiger partial charge in [0.1, 0.15) is 0 Å². The van der Waals surface area contributed by atoms with Gasteiger partial charge in [0.15, 0.2) is 0 Å². The van der Waals surface area contributed by atoms with Crippen molar-refractivity contribution in [2.75, 3.05) is 13.2 Å². The maximum absolute atomic E-state index is 11.1. The van der Waals surface area contributed by atoms with Gasteiger partial charge in [-0.3, -0.25) is 0 Å². The van der Waals surface area contributed by atoms with Gasteiger partial charge in [0, 0.05) is 0 Å². The van der Waals surface area contributed by atoms with E-state index in [0.717, 1.165) is 6.61 Å². The fourth-order valence-electron chi connectivity index (χ4n) is 8.85. The molecule has 2 nitrogen and oxygen atoms in total. The number of rotatable bonds is 18. The predicted octanol–water partition coefficient (Wildman–Crippen LogP) is 10.6. The standard InChI is InChI=1S/C29H41O2Si.3C4H9.Sn/c1-23-14-12-15-25(16-13-21-30)28(23)24(2)22-31-32(29(3,4)5,26-17-8-6-9-18-26)27-19-10-7-11-20-27;3*1-3-4-2;/h6-11,16-20,23-25,28,30H,12,14-15,21-22H2,1-5H3;3*1,3-4H2,2H3;/t23-,24-,25-,28-;;;;/m0..../s1. The molecule has 1 aliphatic carbocycles. The molecule has 2 aromatic rings. The fraction of sp³-hybridized carbons (Fsp3) is 0.659. The molecule has 252 valence electrons. The van der Waals surface area contributed by atoms with E-state index in [1.54, 1.807) is 3.59 Å². The van der Waals surface area contributed by atoms with Crippen molar-refractivity contribution in [3.63, 3.8) is 0 Å². The average molecular weight is 740 g/mol. The second-order valence-corrected chi connectivity index (χ2v) is 33.3. The molecule has 4 atom stereocenters. The molecule has 3 rings (SSSR count). The van der Waals surface area contributed by atoms with Gasteiger partial charge in [-0.2, -0.15) is 0 Å². The van der Waals surface area contributed by atoms with E-state index in [0.29, 0.717) is 30.3 Å². The summed E-state index contributed by atoms with van der Waals surface area (Å²) in [6, 6.07) is 22.3. The zero-order valence-corrected chi connectivity index (χ0v) is 34.3. The van der Waals surface area contributed by atoms with Gasteiger partial charge >= 0.3 is 285 Å². The van der Waals surface area contributed by atoms with E-state index in [4.69, 9.17) is 4.43 Å². The number of hydrogen-bond donors (Lipinski definition) is 1. The van der Waals surface area contributed by atoms with Gasteiger partial charge in [-0.25, -0.2) is 0 Å². The first-order chi connectivity index (χ1) is 21.6. The normalized spacial score (nSPS) is 20.7. The SMILES string of the molecule is CCC[CH2][Sn]([CH2]CCC)([CH2]CCC)/[C](=C/[C@@H]1CCC[C@H](C)[C@H]1[C@@H](C)CO[Si](c1ccccc1)(c1ccccc1)C(C)(C)C)CO. The van der Waals surface area contributed by atoms with Gasteiger partial charge in [0.25, 0.3) is 0 Å². The van der Waals surface area contributed by atoms with Crippen molar-refractivity contribution in [2.45, 2.75) is 132 Å². The molecule has 0 heterocycles. The third kappa shape index (κ3) is 9.60. The number of unbranched alkanes of at least 4 members (excludes halogenated alkanes) is 3. The molecule has 1 saturated carbocycles. The van der Waals surface area contributed by atoms with Crippen LogP contribution in [0.25, 0.3) is 0 Å². The molecule has 4 heteroatoms. The van der Waals surface area contributed by atoms with Crippen LogP contribution in [0.4, 0.5) is 0 Å². The van der Waals surface area contributed by atoms with Gasteiger partial charge in [-0.1, -0.05) is 0 Å². The van der Waals surface area contributed by atoms with E-state index in [9.17, 15) is 5.11 Å². The first-order valence-corrected chi connectivity index (χ1v) is 28.1. The zero-order valence-electron chi connectivity index (χ0n) is 30.4. The summed E-state index contributed by atoms with van der Waals surface area (Å²) >= 11 is -2.70. The molecule has 1 fully saturated rings. The van der Waals surface area contributed by atoms with Crippen LogP contribution in [0.15, 0.2) is 70.3 Å². The van der Waals surface area contributed by atoms with Gasteiger partial charge in [-0.15, -0.1) is 0 Å². The first kappa shape index (κ1) is 38.6. The molecule has 0 saturated heterocycles. The van der Waals surface area contributed by atoms with E-state index in [2.05, 4.69) is 122 Å². The molecule has 1 aliphatic rings. The van der Waals surface area contributed by atoms with Gasteiger partial charge < -0.3 is 0 Å². The van der Waals surface area contributed by atoms with E-state index in [-0.39, 0.29) is 5.04 Å². The van der Waals surface area contributed by atoms with Crippen LogP contribution in [0.3, 0.4) is 0 Å². The summed E-state index contributed by atoms with van der Waals surface area (Å²) in [6.45, 7) is 20.3. The predicted molar refractivity (Wildman–Crippen MR) is 203 cm³/mol. The Kier molecular flexibility index (Phi) is 15.9. The number of aliphatic hydroxyl groups is 1. The first-order valence-electron chi connectivity index (χ1n) is 18.7. The number of benzene rings is 2. The summed E-state index contributed by atoms with van der Waals surface area (Å²) in [7, 11) is -2.58. The third-order valence-corrected chi connectivity index (χ3v) is 32.3. The average Bonchev–Trinajstić information content (AvgIpc) is 3.04.